The molecule has 0 unspecified atom stereocenters. The van der Waals surface area contributed by atoms with E-state index in [1.54, 1.807) is 0 Å². The second-order valence-electron chi connectivity index (χ2n) is 9.32. The van der Waals surface area contributed by atoms with Crippen LogP contribution >= 0.6 is 0 Å². The van der Waals surface area contributed by atoms with Crippen molar-refractivity contribution in [1.29, 1.82) is 0 Å². The third-order valence-electron chi connectivity index (χ3n) is 7.05. The standard InChI is InChI=1S/C28H33N3O3/c1-21-26(20-33-25-8-4-2-5-9-25)29-27(34-21)22-10-12-23(13-11-22)28(32)31-18-14-24(15-19-31)30-16-6-3-7-17-30/h2,4-5,8-13,24H,3,6-7,14-20H2,1H3. The molecule has 2 aliphatic rings. The monoisotopic (exact) mass is 459 g/mol. The van der Waals surface area contributed by atoms with Gasteiger partial charge in [0.15, 0.2) is 0 Å². The van der Waals surface area contributed by atoms with Gasteiger partial charge < -0.3 is 19.0 Å². The third-order valence-corrected chi connectivity index (χ3v) is 7.05. The van der Waals surface area contributed by atoms with E-state index in [9.17, 15) is 4.79 Å². The lowest BCUT2D eigenvalue weighted by Gasteiger charge is -2.40. The Bertz CT molecular complexity index is 1080. The highest BCUT2D eigenvalue weighted by Crippen LogP contribution is 2.25. The normalized spacial score (nSPS) is 17.6. The summed E-state index contributed by atoms with van der Waals surface area (Å²) in [7, 11) is 0. The summed E-state index contributed by atoms with van der Waals surface area (Å²) < 4.78 is 11.7. The Kier molecular flexibility index (Phi) is 6.95. The molecular weight excluding hydrogens is 426 g/mol. The lowest BCUT2D eigenvalue weighted by molar-refractivity contribution is 0.0590. The molecule has 2 fully saturated rings. The Morgan fingerprint density at radius 2 is 1.68 bits per heavy atom. The fourth-order valence-corrected chi connectivity index (χ4v) is 5.01. The number of aryl methyl sites for hydroxylation is 1. The molecule has 0 spiro atoms. The third kappa shape index (κ3) is 5.17. The van der Waals surface area contributed by atoms with Crippen LogP contribution < -0.4 is 4.74 Å². The summed E-state index contributed by atoms with van der Waals surface area (Å²) in [5.41, 5.74) is 2.35. The SMILES string of the molecule is Cc1oc(-c2ccc(C(=O)N3CCC(N4CCCCC4)CC3)cc2)nc1COc1ccccc1. The smallest absolute Gasteiger partial charge is 0.253 e. The Balaban J connectivity index is 1.18. The van der Waals surface area contributed by atoms with Crippen molar-refractivity contribution in [2.75, 3.05) is 26.2 Å². The van der Waals surface area contributed by atoms with E-state index in [1.807, 2.05) is 66.4 Å². The molecule has 178 valence electrons. The highest BCUT2D eigenvalue weighted by atomic mass is 16.5. The number of carbonyl (C=O) groups excluding carboxylic acids is 1. The van der Waals surface area contributed by atoms with Crippen LogP contribution in [-0.2, 0) is 6.61 Å². The number of piperidine rings is 2. The summed E-state index contributed by atoms with van der Waals surface area (Å²) in [6, 6.07) is 17.9. The molecular formula is C28H33N3O3. The van der Waals surface area contributed by atoms with E-state index < -0.39 is 0 Å². The number of nitrogens with zero attached hydrogens (tertiary/aromatic N) is 3. The zero-order valence-electron chi connectivity index (χ0n) is 19.9. The number of hydrogen-bond donors (Lipinski definition) is 0. The molecule has 0 aliphatic carbocycles. The van der Waals surface area contributed by atoms with Gasteiger partial charge >= 0.3 is 0 Å². The van der Waals surface area contributed by atoms with Crippen LogP contribution in [0.1, 0.15) is 53.9 Å². The second-order valence-corrected chi connectivity index (χ2v) is 9.32. The van der Waals surface area contributed by atoms with Gasteiger partial charge in [0.2, 0.25) is 5.89 Å². The Morgan fingerprint density at radius 3 is 2.38 bits per heavy atom. The molecule has 1 aromatic heterocycles. The molecule has 0 saturated carbocycles. The maximum atomic E-state index is 13.1. The minimum atomic E-state index is 0.115. The molecule has 2 saturated heterocycles. The summed E-state index contributed by atoms with van der Waals surface area (Å²) in [4.78, 5) is 22.3. The minimum absolute atomic E-state index is 0.115. The molecule has 1 amide bonds. The zero-order valence-corrected chi connectivity index (χ0v) is 19.9. The summed E-state index contributed by atoms with van der Waals surface area (Å²) >= 11 is 0. The van der Waals surface area contributed by atoms with E-state index in [0.717, 1.165) is 54.3 Å². The molecule has 3 aromatic rings. The van der Waals surface area contributed by atoms with Crippen molar-refractivity contribution in [1.82, 2.24) is 14.8 Å². The van der Waals surface area contributed by atoms with E-state index >= 15 is 0 Å². The molecule has 3 heterocycles. The predicted molar refractivity (Wildman–Crippen MR) is 132 cm³/mol. The largest absolute Gasteiger partial charge is 0.487 e. The van der Waals surface area contributed by atoms with E-state index in [2.05, 4.69) is 9.88 Å². The van der Waals surface area contributed by atoms with Gasteiger partial charge in [0.25, 0.3) is 5.91 Å². The first-order valence-corrected chi connectivity index (χ1v) is 12.5. The lowest BCUT2D eigenvalue weighted by atomic mass is 9.99. The molecule has 2 aromatic carbocycles. The van der Waals surface area contributed by atoms with Gasteiger partial charge in [0.1, 0.15) is 23.8 Å². The fourth-order valence-electron chi connectivity index (χ4n) is 5.01. The van der Waals surface area contributed by atoms with Gasteiger partial charge in [0.05, 0.1) is 0 Å². The molecule has 34 heavy (non-hydrogen) atoms. The summed E-state index contributed by atoms with van der Waals surface area (Å²) in [6.07, 6.45) is 6.15. The quantitative estimate of drug-likeness (QED) is 0.499. The van der Waals surface area contributed by atoms with Crippen molar-refractivity contribution >= 4 is 5.91 Å². The highest BCUT2D eigenvalue weighted by Gasteiger charge is 2.28. The van der Waals surface area contributed by atoms with Crippen LogP contribution in [0.15, 0.2) is 59.0 Å². The predicted octanol–water partition coefficient (Wildman–Crippen LogP) is 5.32. The molecule has 2 aliphatic heterocycles. The maximum absolute atomic E-state index is 13.1. The Morgan fingerprint density at radius 1 is 0.971 bits per heavy atom. The summed E-state index contributed by atoms with van der Waals surface area (Å²) in [5, 5.41) is 0. The summed E-state index contributed by atoms with van der Waals surface area (Å²) in [6.45, 7) is 6.37. The van der Waals surface area contributed by atoms with E-state index in [-0.39, 0.29) is 5.91 Å². The van der Waals surface area contributed by atoms with Crippen LogP contribution in [0, 0.1) is 6.92 Å². The minimum Gasteiger partial charge on any atom is -0.487 e. The number of para-hydroxylation sites is 1. The molecule has 0 N–H and O–H groups in total. The molecule has 0 radical (unpaired) electrons. The molecule has 0 bridgehead atoms. The number of oxazole rings is 1. The second kappa shape index (κ2) is 10.4. The van der Waals surface area contributed by atoms with Crippen molar-refractivity contribution in [2.24, 2.45) is 0 Å². The van der Waals surface area contributed by atoms with Crippen LogP contribution in [0.25, 0.3) is 11.5 Å². The molecule has 0 atom stereocenters. The van der Waals surface area contributed by atoms with Gasteiger partial charge in [-0.3, -0.25) is 4.79 Å². The van der Waals surface area contributed by atoms with E-state index in [1.165, 1.54) is 32.4 Å². The number of carbonyl (C=O) groups is 1. The first kappa shape index (κ1) is 22.7. The van der Waals surface area contributed by atoms with E-state index in [0.29, 0.717) is 18.5 Å². The molecule has 5 rings (SSSR count). The number of hydrogen-bond acceptors (Lipinski definition) is 5. The molecule has 6 heteroatoms. The average molecular weight is 460 g/mol. The van der Waals surface area contributed by atoms with Crippen molar-refractivity contribution in [3.8, 4) is 17.2 Å². The van der Waals surface area contributed by atoms with Gasteiger partial charge in [-0.05, 0) is 82.1 Å². The van der Waals surface area contributed by atoms with Crippen molar-refractivity contribution in [2.45, 2.75) is 51.7 Å². The van der Waals surface area contributed by atoms with Gasteiger partial charge in [-0.1, -0.05) is 24.6 Å². The van der Waals surface area contributed by atoms with Crippen LogP contribution in [0.2, 0.25) is 0 Å². The van der Waals surface area contributed by atoms with Gasteiger partial charge in [-0.2, -0.15) is 0 Å². The lowest BCUT2D eigenvalue weighted by Crippen LogP contribution is -2.48. The Labute approximate surface area is 201 Å². The Hall–Kier alpha value is -3.12. The van der Waals surface area contributed by atoms with Gasteiger partial charge in [-0.15, -0.1) is 0 Å². The van der Waals surface area contributed by atoms with Crippen LogP contribution in [-0.4, -0.2) is 52.9 Å². The average Bonchev–Trinajstić information content (AvgIpc) is 3.28. The number of amides is 1. The van der Waals surface area contributed by atoms with Crippen molar-refractivity contribution in [3.05, 3.63) is 71.6 Å². The maximum Gasteiger partial charge on any atom is 0.253 e. The van der Waals surface area contributed by atoms with Crippen LogP contribution in [0.3, 0.4) is 0 Å². The topological polar surface area (TPSA) is 58.8 Å². The number of likely N-dealkylation sites (tertiary alicyclic amines) is 2. The number of ether oxygens (including phenoxy) is 1. The number of benzene rings is 2. The van der Waals surface area contributed by atoms with E-state index in [4.69, 9.17) is 9.15 Å². The van der Waals surface area contributed by atoms with Crippen LogP contribution in [0.5, 0.6) is 5.75 Å². The molecule has 6 nitrogen and oxygen atoms in total. The van der Waals surface area contributed by atoms with Gasteiger partial charge in [-0.25, -0.2) is 4.98 Å². The highest BCUT2D eigenvalue weighted by molar-refractivity contribution is 5.94. The van der Waals surface area contributed by atoms with Crippen molar-refractivity contribution < 1.29 is 13.9 Å². The van der Waals surface area contributed by atoms with Gasteiger partial charge in [0, 0.05) is 30.3 Å². The first-order valence-electron chi connectivity index (χ1n) is 12.5. The van der Waals surface area contributed by atoms with Crippen LogP contribution in [0.4, 0.5) is 0 Å². The number of rotatable bonds is 6. The zero-order chi connectivity index (χ0) is 23.3. The number of aromatic nitrogens is 1. The fraction of sp³-hybridized carbons (Fsp3) is 0.429. The summed E-state index contributed by atoms with van der Waals surface area (Å²) in [5.74, 6) is 2.20. The van der Waals surface area contributed by atoms with Crippen molar-refractivity contribution in [3.63, 3.8) is 0 Å². The first-order chi connectivity index (χ1) is 16.7.